The van der Waals surface area contributed by atoms with Crippen LogP contribution in [0.15, 0.2) is 11.6 Å². The second kappa shape index (κ2) is 7.57. The summed E-state index contributed by atoms with van der Waals surface area (Å²) in [5, 5.41) is 12.4. The summed E-state index contributed by atoms with van der Waals surface area (Å²) in [6.45, 7) is 5.73. The summed E-state index contributed by atoms with van der Waals surface area (Å²) in [6.07, 6.45) is 7.78. The van der Waals surface area contributed by atoms with Crippen molar-refractivity contribution in [3.05, 3.63) is 11.6 Å². The van der Waals surface area contributed by atoms with Crippen LogP contribution in [0.2, 0.25) is 0 Å². The van der Waals surface area contributed by atoms with Crippen LogP contribution < -0.4 is 0 Å². The van der Waals surface area contributed by atoms with Crippen molar-refractivity contribution in [2.45, 2.75) is 83.0 Å². The van der Waals surface area contributed by atoms with Crippen molar-refractivity contribution >= 4 is 18.9 Å². The molecule has 9 atom stereocenters. The summed E-state index contributed by atoms with van der Waals surface area (Å²) in [6, 6.07) is 0. The number of rotatable bonds is 5. The van der Waals surface area contributed by atoms with Gasteiger partial charge in [-0.2, -0.15) is 0 Å². The van der Waals surface area contributed by atoms with Gasteiger partial charge in [-0.05, 0) is 86.0 Å². The van der Waals surface area contributed by atoms with Crippen molar-refractivity contribution in [1.82, 2.24) is 0 Å². The van der Waals surface area contributed by atoms with E-state index in [1.165, 1.54) is 0 Å². The molecule has 0 aromatic carbocycles. The predicted molar refractivity (Wildman–Crippen MR) is 113 cm³/mol. The Bertz CT molecular complexity index is 838. The lowest BCUT2D eigenvalue weighted by molar-refractivity contribution is -0.248. The average molecular weight is 447 g/mol. The van der Waals surface area contributed by atoms with E-state index in [2.05, 4.69) is 13.8 Å². The third kappa shape index (κ3) is 2.85. The second-order valence-electron chi connectivity index (χ2n) is 11.2. The van der Waals surface area contributed by atoms with Crippen LogP contribution in [0.1, 0.15) is 65.2 Å². The average Bonchev–Trinajstić information content (AvgIpc) is 3.30. The van der Waals surface area contributed by atoms with E-state index in [0.29, 0.717) is 31.7 Å². The maximum Gasteiger partial charge on any atom is 0.331 e. The maximum atomic E-state index is 12.4. The fourth-order valence-electron chi connectivity index (χ4n) is 8.79. The van der Waals surface area contributed by atoms with Crippen molar-refractivity contribution in [1.29, 1.82) is 0 Å². The number of esters is 1. The molecule has 5 rings (SSSR count). The van der Waals surface area contributed by atoms with Crippen molar-refractivity contribution in [3.8, 4) is 0 Å². The van der Waals surface area contributed by atoms with Gasteiger partial charge in [-0.25, -0.2) is 4.79 Å². The summed E-state index contributed by atoms with van der Waals surface area (Å²) < 4.78 is 16.3. The molecule has 176 valence electrons. The Labute approximate surface area is 188 Å². The molecule has 0 amide bonds. The molecule has 4 aliphatic carbocycles. The highest BCUT2D eigenvalue weighted by atomic mass is 16.5. The SMILES string of the molecule is C[C@]12CC[C@H](OC=O)C[C@H]1CC[C@@H]1[C@@H]2C[C@@H](OC=O)[C@]2(C)[C@@H](C3=CC(=O)OC3)CC[C@]12O. The highest BCUT2D eigenvalue weighted by Gasteiger charge is 2.71. The Morgan fingerprint density at radius 2 is 1.81 bits per heavy atom. The molecule has 1 heterocycles. The molecule has 32 heavy (non-hydrogen) atoms. The van der Waals surface area contributed by atoms with Crippen molar-refractivity contribution in [2.24, 2.45) is 34.5 Å². The standard InChI is InChI=1S/C25H34O7/c1-23-7-5-17(31-13-26)10-16(23)3-4-19-20(23)11-21(32-14-27)24(2)18(6-8-25(19,24)29)15-9-22(28)30-12-15/h9,13-14,16-21,29H,3-8,10-12H2,1-2H3/t16-,17+,18-,19-,20+,21-,23+,24+,25+/m1/s1. The molecule has 0 saturated heterocycles. The van der Waals surface area contributed by atoms with E-state index in [9.17, 15) is 19.5 Å². The molecule has 4 fully saturated rings. The molecule has 1 N–H and O–H groups in total. The smallest absolute Gasteiger partial charge is 0.331 e. The number of fused-ring (bicyclic) bond motifs is 5. The topological polar surface area (TPSA) is 99.1 Å². The van der Waals surface area contributed by atoms with Crippen LogP contribution in [0.4, 0.5) is 0 Å². The van der Waals surface area contributed by atoms with E-state index < -0.39 is 17.1 Å². The number of hydrogen-bond acceptors (Lipinski definition) is 7. The fourth-order valence-corrected chi connectivity index (χ4v) is 8.79. The van der Waals surface area contributed by atoms with E-state index >= 15 is 0 Å². The van der Waals surface area contributed by atoms with Gasteiger partial charge in [0.1, 0.15) is 18.8 Å². The molecule has 1 aliphatic heterocycles. The minimum absolute atomic E-state index is 0.0109. The largest absolute Gasteiger partial charge is 0.465 e. The third-order valence-electron chi connectivity index (χ3n) is 10.5. The summed E-state index contributed by atoms with van der Waals surface area (Å²) in [5.74, 6) is 0.395. The zero-order valence-electron chi connectivity index (χ0n) is 19.0. The van der Waals surface area contributed by atoms with Gasteiger partial charge in [-0.3, -0.25) is 9.59 Å². The van der Waals surface area contributed by atoms with Gasteiger partial charge in [0.25, 0.3) is 12.9 Å². The first kappa shape index (κ1) is 21.9. The predicted octanol–water partition coefficient (Wildman–Crippen LogP) is 2.94. The fraction of sp³-hybridized carbons (Fsp3) is 0.800. The first-order valence-corrected chi connectivity index (χ1v) is 12.1. The minimum atomic E-state index is -0.967. The number of carbonyl (C=O) groups is 3. The molecule has 0 aromatic heterocycles. The quantitative estimate of drug-likeness (QED) is 0.394. The first-order chi connectivity index (χ1) is 15.3. The summed E-state index contributed by atoms with van der Waals surface area (Å²) in [7, 11) is 0. The Balaban J connectivity index is 1.50. The van der Waals surface area contributed by atoms with E-state index in [4.69, 9.17) is 14.2 Å². The summed E-state index contributed by atoms with van der Waals surface area (Å²) >= 11 is 0. The molecule has 0 radical (unpaired) electrons. The summed E-state index contributed by atoms with van der Waals surface area (Å²) in [5.41, 5.74) is -0.699. The van der Waals surface area contributed by atoms with Gasteiger partial charge in [-0.1, -0.05) is 13.8 Å². The number of carbonyl (C=O) groups excluding carboxylic acids is 3. The molecule has 0 unspecified atom stereocenters. The van der Waals surface area contributed by atoms with Crippen LogP contribution in [-0.4, -0.2) is 48.4 Å². The lowest BCUT2D eigenvalue weighted by Crippen LogP contribution is -2.67. The zero-order valence-corrected chi connectivity index (χ0v) is 19.0. The molecular formula is C25H34O7. The lowest BCUT2D eigenvalue weighted by atomic mass is 9.42. The van der Waals surface area contributed by atoms with Gasteiger partial charge in [0.05, 0.1) is 5.60 Å². The van der Waals surface area contributed by atoms with E-state index in [1.54, 1.807) is 6.08 Å². The van der Waals surface area contributed by atoms with Crippen LogP contribution in [0, 0.1) is 34.5 Å². The Morgan fingerprint density at radius 1 is 1.03 bits per heavy atom. The molecule has 0 aromatic rings. The Hall–Kier alpha value is -1.89. The monoisotopic (exact) mass is 446 g/mol. The molecule has 0 spiro atoms. The molecule has 4 saturated carbocycles. The number of ether oxygens (including phenoxy) is 3. The van der Waals surface area contributed by atoms with Crippen molar-refractivity contribution < 1.29 is 33.7 Å². The van der Waals surface area contributed by atoms with Gasteiger partial charge < -0.3 is 19.3 Å². The van der Waals surface area contributed by atoms with Crippen LogP contribution in [0.3, 0.4) is 0 Å². The number of cyclic esters (lactones) is 1. The molecule has 7 heteroatoms. The van der Waals surface area contributed by atoms with Crippen molar-refractivity contribution in [2.75, 3.05) is 6.61 Å². The highest BCUT2D eigenvalue weighted by Crippen LogP contribution is 2.70. The van der Waals surface area contributed by atoms with Gasteiger partial charge in [-0.15, -0.1) is 0 Å². The van der Waals surface area contributed by atoms with Gasteiger partial charge in [0.15, 0.2) is 0 Å². The molecule has 0 bridgehead atoms. The minimum Gasteiger partial charge on any atom is -0.465 e. The van der Waals surface area contributed by atoms with E-state index in [0.717, 1.165) is 44.1 Å². The maximum absolute atomic E-state index is 12.4. The normalized spacial score (nSPS) is 49.7. The van der Waals surface area contributed by atoms with Gasteiger partial charge in [0, 0.05) is 11.5 Å². The zero-order chi connectivity index (χ0) is 22.7. The van der Waals surface area contributed by atoms with Crippen LogP contribution >= 0.6 is 0 Å². The Morgan fingerprint density at radius 3 is 2.50 bits per heavy atom. The summed E-state index contributed by atoms with van der Waals surface area (Å²) in [4.78, 5) is 34.2. The van der Waals surface area contributed by atoms with Gasteiger partial charge >= 0.3 is 5.97 Å². The molecule has 5 aliphatic rings. The third-order valence-corrected chi connectivity index (χ3v) is 10.5. The van der Waals surface area contributed by atoms with Crippen LogP contribution in [0.25, 0.3) is 0 Å². The lowest BCUT2D eigenvalue weighted by Gasteiger charge is -2.65. The molecular weight excluding hydrogens is 412 g/mol. The van der Waals surface area contributed by atoms with Gasteiger partial charge in [0.2, 0.25) is 0 Å². The van der Waals surface area contributed by atoms with E-state index in [1.807, 2.05) is 0 Å². The Kier molecular flexibility index (Phi) is 5.19. The first-order valence-electron chi connectivity index (χ1n) is 12.1. The van der Waals surface area contributed by atoms with E-state index in [-0.39, 0.29) is 41.8 Å². The molecule has 7 nitrogen and oxygen atoms in total. The highest BCUT2D eigenvalue weighted by molar-refractivity contribution is 5.85. The van der Waals surface area contributed by atoms with Crippen LogP contribution in [0.5, 0.6) is 0 Å². The van der Waals surface area contributed by atoms with Crippen molar-refractivity contribution in [3.63, 3.8) is 0 Å². The number of hydrogen-bond donors (Lipinski definition) is 1. The second-order valence-corrected chi connectivity index (χ2v) is 11.2. The van der Waals surface area contributed by atoms with Crippen LogP contribution in [-0.2, 0) is 28.6 Å². The number of aliphatic hydroxyl groups is 1.